The van der Waals surface area contributed by atoms with Crippen LogP contribution in [0.4, 0.5) is 0 Å². The molecule has 0 bridgehead atoms. The second-order valence-corrected chi connectivity index (χ2v) is 4.78. The summed E-state index contributed by atoms with van der Waals surface area (Å²) in [7, 11) is 1.49. The van der Waals surface area contributed by atoms with Crippen LogP contribution < -0.4 is 0 Å². The SMILES string of the molecule is COC(C#N)CC(C(=O)c1ccccc1)c1ccccc1. The van der Waals surface area contributed by atoms with Gasteiger partial charge in [-0.3, -0.25) is 4.79 Å². The van der Waals surface area contributed by atoms with Crippen LogP contribution in [0, 0.1) is 11.3 Å². The Bertz CT molecular complexity index is 617. The summed E-state index contributed by atoms with van der Waals surface area (Å²) in [4.78, 5) is 12.7. The van der Waals surface area contributed by atoms with E-state index in [1.54, 1.807) is 12.1 Å². The van der Waals surface area contributed by atoms with Crippen molar-refractivity contribution in [2.24, 2.45) is 0 Å². The van der Waals surface area contributed by atoms with Crippen LogP contribution in [-0.2, 0) is 4.74 Å². The topological polar surface area (TPSA) is 50.1 Å². The molecule has 21 heavy (non-hydrogen) atoms. The summed E-state index contributed by atoms with van der Waals surface area (Å²) < 4.78 is 5.12. The lowest BCUT2D eigenvalue weighted by atomic mass is 9.86. The van der Waals surface area contributed by atoms with E-state index in [1.807, 2.05) is 48.5 Å². The number of hydrogen-bond acceptors (Lipinski definition) is 3. The Kier molecular flexibility index (Phi) is 5.25. The molecule has 0 N–H and O–H groups in total. The predicted octanol–water partition coefficient (Wildman–Crippen LogP) is 3.58. The Hall–Kier alpha value is -2.44. The van der Waals surface area contributed by atoms with Gasteiger partial charge in [-0.15, -0.1) is 0 Å². The molecule has 2 aromatic rings. The van der Waals surface area contributed by atoms with Crippen LogP contribution in [0.15, 0.2) is 60.7 Å². The summed E-state index contributed by atoms with van der Waals surface area (Å²) in [5.41, 5.74) is 1.56. The molecule has 0 aliphatic carbocycles. The standard InChI is InChI=1S/C18H17NO2/c1-21-16(13-19)12-17(14-8-4-2-5-9-14)18(20)15-10-6-3-7-11-15/h2-11,16-17H,12H2,1H3. The molecule has 0 aromatic heterocycles. The van der Waals surface area contributed by atoms with Crippen molar-refractivity contribution in [3.05, 3.63) is 71.8 Å². The van der Waals surface area contributed by atoms with E-state index in [9.17, 15) is 4.79 Å². The quantitative estimate of drug-likeness (QED) is 0.759. The van der Waals surface area contributed by atoms with Crippen LogP contribution in [0.3, 0.4) is 0 Å². The molecule has 3 heteroatoms. The van der Waals surface area contributed by atoms with Gasteiger partial charge in [0.25, 0.3) is 0 Å². The number of Topliss-reactive ketones (excluding diaryl/α,β-unsaturated/α-hetero) is 1. The molecule has 2 atom stereocenters. The maximum atomic E-state index is 12.7. The molecular formula is C18H17NO2. The van der Waals surface area contributed by atoms with Gasteiger partial charge in [0.2, 0.25) is 0 Å². The minimum absolute atomic E-state index is 0.0131. The van der Waals surface area contributed by atoms with Crippen molar-refractivity contribution >= 4 is 5.78 Å². The fourth-order valence-electron chi connectivity index (χ4n) is 2.30. The van der Waals surface area contributed by atoms with Gasteiger partial charge in [-0.2, -0.15) is 5.26 Å². The minimum Gasteiger partial charge on any atom is -0.366 e. The Morgan fingerprint density at radius 2 is 1.67 bits per heavy atom. The number of ketones is 1. The number of carbonyl (C=O) groups excluding carboxylic acids is 1. The molecule has 0 radical (unpaired) electrons. The maximum Gasteiger partial charge on any atom is 0.170 e. The summed E-state index contributed by atoms with van der Waals surface area (Å²) in [6, 6.07) is 20.8. The van der Waals surface area contributed by atoms with Gasteiger partial charge < -0.3 is 4.74 Å². The lowest BCUT2D eigenvalue weighted by molar-refractivity contribution is 0.0891. The van der Waals surface area contributed by atoms with Gasteiger partial charge in [0, 0.05) is 19.1 Å². The first-order valence-electron chi connectivity index (χ1n) is 6.83. The van der Waals surface area contributed by atoms with Crippen LogP contribution in [0.1, 0.15) is 28.3 Å². The molecule has 2 aromatic carbocycles. The fraction of sp³-hybridized carbons (Fsp3) is 0.222. The Morgan fingerprint density at radius 1 is 1.10 bits per heavy atom. The third-order valence-electron chi connectivity index (χ3n) is 3.46. The van der Waals surface area contributed by atoms with Gasteiger partial charge in [-0.1, -0.05) is 60.7 Å². The van der Waals surface area contributed by atoms with E-state index >= 15 is 0 Å². The number of rotatable bonds is 6. The highest BCUT2D eigenvalue weighted by Crippen LogP contribution is 2.26. The largest absolute Gasteiger partial charge is 0.366 e. The van der Waals surface area contributed by atoms with E-state index in [-0.39, 0.29) is 11.7 Å². The van der Waals surface area contributed by atoms with Crippen molar-refractivity contribution in [3.63, 3.8) is 0 Å². The third kappa shape index (κ3) is 3.77. The number of nitriles is 1. The predicted molar refractivity (Wildman–Crippen MR) is 81.0 cm³/mol. The van der Waals surface area contributed by atoms with Crippen molar-refractivity contribution in [3.8, 4) is 6.07 Å². The van der Waals surface area contributed by atoms with Gasteiger partial charge >= 0.3 is 0 Å². The number of benzene rings is 2. The molecule has 0 saturated heterocycles. The smallest absolute Gasteiger partial charge is 0.170 e. The van der Waals surface area contributed by atoms with E-state index in [0.29, 0.717) is 12.0 Å². The van der Waals surface area contributed by atoms with E-state index in [1.165, 1.54) is 7.11 Å². The Morgan fingerprint density at radius 3 is 2.19 bits per heavy atom. The second-order valence-electron chi connectivity index (χ2n) is 4.78. The molecular weight excluding hydrogens is 262 g/mol. The molecule has 0 spiro atoms. The van der Waals surface area contributed by atoms with Crippen LogP contribution in [0.5, 0.6) is 0 Å². The van der Waals surface area contributed by atoms with E-state index in [0.717, 1.165) is 5.56 Å². The van der Waals surface area contributed by atoms with Gasteiger partial charge in [-0.25, -0.2) is 0 Å². The van der Waals surface area contributed by atoms with Crippen LogP contribution in [0.2, 0.25) is 0 Å². The van der Waals surface area contributed by atoms with Crippen molar-refractivity contribution in [2.45, 2.75) is 18.4 Å². The molecule has 3 nitrogen and oxygen atoms in total. The molecule has 0 heterocycles. The average Bonchev–Trinajstić information content (AvgIpc) is 2.57. The first-order chi connectivity index (χ1) is 10.3. The van der Waals surface area contributed by atoms with Crippen molar-refractivity contribution < 1.29 is 9.53 Å². The average molecular weight is 279 g/mol. The number of methoxy groups -OCH3 is 1. The van der Waals surface area contributed by atoms with Crippen molar-refractivity contribution in [2.75, 3.05) is 7.11 Å². The first kappa shape index (κ1) is 15.0. The zero-order valence-electron chi connectivity index (χ0n) is 11.9. The summed E-state index contributed by atoms with van der Waals surface area (Å²) in [6.45, 7) is 0. The van der Waals surface area contributed by atoms with Gasteiger partial charge in [0.05, 0.1) is 12.0 Å². The monoisotopic (exact) mass is 279 g/mol. The van der Waals surface area contributed by atoms with Crippen LogP contribution >= 0.6 is 0 Å². The third-order valence-corrected chi connectivity index (χ3v) is 3.46. The zero-order chi connectivity index (χ0) is 15.1. The zero-order valence-corrected chi connectivity index (χ0v) is 11.9. The van der Waals surface area contributed by atoms with E-state index in [4.69, 9.17) is 10.00 Å². The molecule has 0 amide bonds. The molecule has 2 rings (SSSR count). The molecule has 2 unspecified atom stereocenters. The number of hydrogen-bond donors (Lipinski definition) is 0. The van der Waals surface area contributed by atoms with Crippen LogP contribution in [0.25, 0.3) is 0 Å². The van der Waals surface area contributed by atoms with Gasteiger partial charge in [0.15, 0.2) is 5.78 Å². The summed E-state index contributed by atoms with van der Waals surface area (Å²) in [5, 5.41) is 9.09. The highest BCUT2D eigenvalue weighted by atomic mass is 16.5. The lowest BCUT2D eigenvalue weighted by Crippen LogP contribution is -2.20. The maximum absolute atomic E-state index is 12.7. The number of nitrogens with zero attached hydrogens (tertiary/aromatic N) is 1. The Balaban J connectivity index is 2.32. The van der Waals surface area contributed by atoms with Gasteiger partial charge in [-0.05, 0) is 5.56 Å². The number of carbonyl (C=O) groups is 1. The molecule has 0 saturated carbocycles. The highest BCUT2D eigenvalue weighted by molar-refractivity contribution is 6.01. The lowest BCUT2D eigenvalue weighted by Gasteiger charge is -2.18. The van der Waals surface area contributed by atoms with Crippen molar-refractivity contribution in [1.29, 1.82) is 5.26 Å². The minimum atomic E-state index is -0.595. The van der Waals surface area contributed by atoms with Crippen molar-refractivity contribution in [1.82, 2.24) is 0 Å². The first-order valence-corrected chi connectivity index (χ1v) is 6.83. The fourth-order valence-corrected chi connectivity index (χ4v) is 2.30. The number of ether oxygens (including phenoxy) is 1. The molecule has 0 fully saturated rings. The highest BCUT2D eigenvalue weighted by Gasteiger charge is 2.25. The molecule has 106 valence electrons. The molecule has 0 aliphatic rings. The van der Waals surface area contributed by atoms with Gasteiger partial charge in [0.1, 0.15) is 6.10 Å². The molecule has 0 aliphatic heterocycles. The normalized spacial score (nSPS) is 13.1. The summed E-state index contributed by atoms with van der Waals surface area (Å²) in [5.74, 6) is -0.364. The summed E-state index contributed by atoms with van der Waals surface area (Å²) >= 11 is 0. The Labute approximate surface area is 124 Å². The van der Waals surface area contributed by atoms with Crippen LogP contribution in [-0.4, -0.2) is 19.0 Å². The van der Waals surface area contributed by atoms with E-state index < -0.39 is 6.10 Å². The van der Waals surface area contributed by atoms with E-state index in [2.05, 4.69) is 6.07 Å². The summed E-state index contributed by atoms with van der Waals surface area (Å²) in [6.07, 6.45) is -0.243. The second kappa shape index (κ2) is 7.37.